The maximum atomic E-state index is 2.20. The van der Waals surface area contributed by atoms with Gasteiger partial charge in [-0.25, -0.2) is 4.57 Å². The maximum absolute atomic E-state index is 2.20. The molecule has 1 heteroatoms. The van der Waals surface area contributed by atoms with E-state index in [2.05, 4.69) is 67.2 Å². The lowest BCUT2D eigenvalue weighted by atomic mass is 10.0. The quantitative estimate of drug-likeness (QED) is 0.395. The molecule has 0 radical (unpaired) electrons. The third-order valence-electron chi connectivity index (χ3n) is 3.33. The van der Waals surface area contributed by atoms with Gasteiger partial charge in [0, 0.05) is 13.0 Å². The second-order valence-corrected chi connectivity index (χ2v) is 4.26. The molecule has 1 heterocycles. The Morgan fingerprint density at radius 3 is 2.50 bits per heavy atom. The number of nitrogens with zero attached hydrogens (tertiary/aromatic N) is 1. The molecule has 3 rings (SSSR count). The number of hydrogen-bond donors (Lipinski definition) is 0. The molecule has 0 atom stereocenters. The van der Waals surface area contributed by atoms with Crippen molar-refractivity contribution in [3.8, 4) is 0 Å². The molecule has 78 valence electrons. The van der Waals surface area contributed by atoms with Crippen LogP contribution in [-0.4, -0.2) is 0 Å². The lowest BCUT2D eigenvalue weighted by Gasteiger charge is -2.04. The molecule has 0 unspecified atom stereocenters. The van der Waals surface area contributed by atoms with E-state index in [0.29, 0.717) is 0 Å². The van der Waals surface area contributed by atoms with Crippen molar-refractivity contribution in [3.63, 3.8) is 0 Å². The van der Waals surface area contributed by atoms with Gasteiger partial charge in [-0.15, -0.1) is 0 Å². The average molecular weight is 208 g/mol. The number of benzene rings is 2. The fraction of sp³-hybridized carbons (Fsp3) is 0.133. The third-order valence-corrected chi connectivity index (χ3v) is 3.33. The first-order chi connectivity index (χ1) is 7.77. The van der Waals surface area contributed by atoms with Crippen molar-refractivity contribution in [2.75, 3.05) is 0 Å². The molecule has 0 spiro atoms. The number of pyridine rings is 1. The molecular formula is C15H14N+. The average Bonchev–Trinajstić information content (AvgIpc) is 2.33. The first kappa shape index (κ1) is 9.34. The predicted molar refractivity (Wildman–Crippen MR) is 67.4 cm³/mol. The van der Waals surface area contributed by atoms with E-state index in [1.165, 1.54) is 27.2 Å². The molecule has 0 fully saturated rings. The molecule has 0 aliphatic carbocycles. The molecule has 0 saturated carbocycles. The topological polar surface area (TPSA) is 3.88 Å². The van der Waals surface area contributed by atoms with Crippen molar-refractivity contribution in [1.29, 1.82) is 0 Å². The van der Waals surface area contributed by atoms with Gasteiger partial charge in [0.15, 0.2) is 11.9 Å². The van der Waals surface area contributed by atoms with E-state index in [0.717, 1.165) is 0 Å². The van der Waals surface area contributed by atoms with Gasteiger partial charge in [-0.05, 0) is 16.2 Å². The summed E-state index contributed by atoms with van der Waals surface area (Å²) in [5, 5.41) is 5.33. The summed E-state index contributed by atoms with van der Waals surface area (Å²) in [7, 11) is 2.09. The Bertz CT molecular complexity index is 683. The molecule has 0 aliphatic heterocycles. The van der Waals surface area contributed by atoms with Crippen LogP contribution in [0, 0.1) is 6.92 Å². The summed E-state index contributed by atoms with van der Waals surface area (Å²) in [6.45, 7) is 2.18. The number of aryl methyl sites for hydroxylation is 2. The van der Waals surface area contributed by atoms with Crippen LogP contribution in [0.2, 0.25) is 0 Å². The minimum atomic E-state index is 1.31. The van der Waals surface area contributed by atoms with Crippen LogP contribution >= 0.6 is 0 Å². The van der Waals surface area contributed by atoms with E-state index in [1.807, 2.05) is 0 Å². The van der Waals surface area contributed by atoms with E-state index in [9.17, 15) is 0 Å². The molecule has 0 aliphatic rings. The van der Waals surface area contributed by atoms with Crippen LogP contribution in [0.5, 0.6) is 0 Å². The molecule has 1 nitrogen and oxygen atoms in total. The van der Waals surface area contributed by atoms with Crippen molar-refractivity contribution in [1.82, 2.24) is 0 Å². The van der Waals surface area contributed by atoms with Crippen LogP contribution in [0.25, 0.3) is 21.5 Å². The highest BCUT2D eigenvalue weighted by atomic mass is 14.9. The molecule has 0 N–H and O–H groups in total. The summed E-state index contributed by atoms with van der Waals surface area (Å²) in [6, 6.07) is 15.1. The van der Waals surface area contributed by atoms with Gasteiger partial charge in [0.2, 0.25) is 0 Å². The highest BCUT2D eigenvalue weighted by molar-refractivity contribution is 6.07. The maximum Gasteiger partial charge on any atom is 0.186 e. The van der Waals surface area contributed by atoms with E-state index in [1.54, 1.807) is 0 Å². The highest BCUT2D eigenvalue weighted by Gasteiger charge is 2.09. The van der Waals surface area contributed by atoms with E-state index >= 15 is 0 Å². The van der Waals surface area contributed by atoms with Gasteiger partial charge >= 0.3 is 0 Å². The second-order valence-electron chi connectivity index (χ2n) is 4.26. The predicted octanol–water partition coefficient (Wildman–Crippen LogP) is 3.13. The standard InChI is InChI=1S/C15H14N/c1-11-15-13(9-10-16(11)2)8-7-12-5-3-4-6-14(12)15/h3-10H,1-2H3/q+1. The zero-order chi connectivity index (χ0) is 11.1. The van der Waals surface area contributed by atoms with Crippen molar-refractivity contribution >= 4 is 21.5 Å². The van der Waals surface area contributed by atoms with Crippen molar-refractivity contribution in [2.24, 2.45) is 7.05 Å². The molecule has 2 aromatic carbocycles. The lowest BCUT2D eigenvalue weighted by molar-refractivity contribution is -0.676. The van der Waals surface area contributed by atoms with E-state index < -0.39 is 0 Å². The number of rotatable bonds is 0. The summed E-state index contributed by atoms with van der Waals surface area (Å²) in [5.41, 5.74) is 1.31. The highest BCUT2D eigenvalue weighted by Crippen LogP contribution is 2.25. The van der Waals surface area contributed by atoms with E-state index in [-0.39, 0.29) is 0 Å². The largest absolute Gasteiger partial charge is 0.205 e. The third kappa shape index (κ3) is 1.21. The van der Waals surface area contributed by atoms with Gasteiger partial charge in [0.1, 0.15) is 7.05 Å². The van der Waals surface area contributed by atoms with E-state index in [4.69, 9.17) is 0 Å². The van der Waals surface area contributed by atoms with Crippen LogP contribution in [0.1, 0.15) is 5.69 Å². The molecule has 0 saturated heterocycles. The summed E-state index contributed by atoms with van der Waals surface area (Å²) in [6.07, 6.45) is 2.12. The van der Waals surface area contributed by atoms with Gasteiger partial charge in [-0.3, -0.25) is 0 Å². The normalized spacial score (nSPS) is 11.1. The van der Waals surface area contributed by atoms with Crippen LogP contribution in [0.15, 0.2) is 48.7 Å². The van der Waals surface area contributed by atoms with Crippen LogP contribution in [0.3, 0.4) is 0 Å². The Balaban J connectivity index is 2.63. The minimum Gasteiger partial charge on any atom is -0.205 e. The number of hydrogen-bond acceptors (Lipinski definition) is 0. The SMILES string of the molecule is Cc1c2c(ccc3ccccc32)cc[n+]1C. The summed E-state index contributed by atoms with van der Waals surface area (Å²) in [4.78, 5) is 0. The van der Waals surface area contributed by atoms with Gasteiger partial charge in [0.05, 0.1) is 5.39 Å². The monoisotopic (exact) mass is 208 g/mol. The first-order valence-electron chi connectivity index (χ1n) is 5.54. The van der Waals surface area contributed by atoms with Crippen molar-refractivity contribution < 1.29 is 4.57 Å². The fourth-order valence-electron chi connectivity index (χ4n) is 2.31. The molecular weight excluding hydrogens is 194 g/mol. The Hall–Kier alpha value is -1.89. The smallest absolute Gasteiger partial charge is 0.186 e. The Morgan fingerprint density at radius 2 is 1.62 bits per heavy atom. The summed E-state index contributed by atoms with van der Waals surface area (Å²) in [5.74, 6) is 0. The van der Waals surface area contributed by atoms with Gasteiger partial charge < -0.3 is 0 Å². The zero-order valence-corrected chi connectivity index (χ0v) is 9.57. The lowest BCUT2D eigenvalue weighted by Crippen LogP contribution is -2.31. The fourth-order valence-corrected chi connectivity index (χ4v) is 2.31. The number of aromatic nitrogens is 1. The summed E-state index contributed by atoms with van der Waals surface area (Å²) >= 11 is 0. The molecule has 16 heavy (non-hydrogen) atoms. The van der Waals surface area contributed by atoms with Gasteiger partial charge in [-0.2, -0.15) is 0 Å². The van der Waals surface area contributed by atoms with Crippen molar-refractivity contribution in [2.45, 2.75) is 6.92 Å². The number of fused-ring (bicyclic) bond motifs is 3. The van der Waals surface area contributed by atoms with Crippen LogP contribution in [0.4, 0.5) is 0 Å². The summed E-state index contributed by atoms with van der Waals surface area (Å²) < 4.78 is 2.18. The second kappa shape index (κ2) is 3.31. The van der Waals surface area contributed by atoms with Crippen LogP contribution < -0.4 is 4.57 Å². The van der Waals surface area contributed by atoms with Crippen LogP contribution in [-0.2, 0) is 7.05 Å². The first-order valence-corrected chi connectivity index (χ1v) is 5.54. The van der Waals surface area contributed by atoms with Gasteiger partial charge in [0.25, 0.3) is 0 Å². The molecule has 1 aromatic heterocycles. The molecule has 0 bridgehead atoms. The Morgan fingerprint density at radius 1 is 0.875 bits per heavy atom. The minimum absolute atomic E-state index is 1.31. The molecule has 0 amide bonds. The Labute approximate surface area is 95.0 Å². The van der Waals surface area contributed by atoms with Crippen molar-refractivity contribution in [3.05, 3.63) is 54.4 Å². The Kier molecular flexibility index (Phi) is 1.93. The zero-order valence-electron chi connectivity index (χ0n) is 9.57. The van der Waals surface area contributed by atoms with Gasteiger partial charge in [-0.1, -0.05) is 36.4 Å². The molecule has 3 aromatic rings.